The topological polar surface area (TPSA) is 12.0 Å². The minimum atomic E-state index is -0.184. The lowest BCUT2D eigenvalue weighted by Gasteiger charge is -2.12. The molecule has 0 saturated heterocycles. The van der Waals surface area contributed by atoms with E-state index in [-0.39, 0.29) is 5.82 Å². The minimum Gasteiger partial charge on any atom is -0.314 e. The summed E-state index contributed by atoms with van der Waals surface area (Å²) >= 11 is 3.23. The molecular weight excluding hydrogens is 281 g/mol. The first-order valence-electron chi connectivity index (χ1n) is 6.32. The summed E-state index contributed by atoms with van der Waals surface area (Å²) in [6, 6.07) is 6.10. The van der Waals surface area contributed by atoms with Gasteiger partial charge in [0.1, 0.15) is 5.82 Å². The Morgan fingerprint density at radius 3 is 2.88 bits per heavy atom. The zero-order valence-corrected chi connectivity index (χ0v) is 11.8. The lowest BCUT2D eigenvalue weighted by molar-refractivity contribution is 0.497. The Kier molecular flexibility index (Phi) is 4.57. The molecule has 1 aliphatic rings. The van der Waals surface area contributed by atoms with Gasteiger partial charge in [-0.2, -0.15) is 0 Å². The van der Waals surface area contributed by atoms with Crippen LogP contribution in [0.25, 0.3) is 0 Å². The van der Waals surface area contributed by atoms with Gasteiger partial charge in [-0.25, -0.2) is 4.39 Å². The van der Waals surface area contributed by atoms with E-state index < -0.39 is 0 Å². The molecule has 0 spiro atoms. The monoisotopic (exact) mass is 299 g/mol. The fourth-order valence-electron chi connectivity index (χ4n) is 1.99. The molecule has 1 N–H and O–H groups in total. The van der Waals surface area contributed by atoms with E-state index in [0.717, 1.165) is 19.0 Å². The smallest absolute Gasteiger partial charge is 0.137 e. The van der Waals surface area contributed by atoms with Gasteiger partial charge in [0, 0.05) is 6.04 Å². The number of hydrogen-bond acceptors (Lipinski definition) is 1. The van der Waals surface area contributed by atoms with Crippen LogP contribution < -0.4 is 5.32 Å². The summed E-state index contributed by atoms with van der Waals surface area (Å²) in [7, 11) is 0. The zero-order chi connectivity index (χ0) is 12.3. The Labute approximate surface area is 111 Å². The molecule has 0 radical (unpaired) electrons. The van der Waals surface area contributed by atoms with Crippen molar-refractivity contribution in [2.24, 2.45) is 5.92 Å². The average molecular weight is 300 g/mol. The van der Waals surface area contributed by atoms with Crippen molar-refractivity contribution in [3.63, 3.8) is 0 Å². The van der Waals surface area contributed by atoms with Gasteiger partial charge in [-0.15, -0.1) is 0 Å². The molecule has 0 heterocycles. The van der Waals surface area contributed by atoms with Gasteiger partial charge in [0.05, 0.1) is 4.47 Å². The van der Waals surface area contributed by atoms with Crippen molar-refractivity contribution in [1.29, 1.82) is 0 Å². The highest BCUT2D eigenvalue weighted by Crippen LogP contribution is 2.21. The summed E-state index contributed by atoms with van der Waals surface area (Å²) in [5, 5.41) is 3.52. The highest BCUT2D eigenvalue weighted by Gasteiger charge is 2.19. The van der Waals surface area contributed by atoms with E-state index in [4.69, 9.17) is 0 Å². The van der Waals surface area contributed by atoms with Gasteiger partial charge in [0.15, 0.2) is 0 Å². The molecule has 1 aromatic rings. The maximum atomic E-state index is 13.1. The molecule has 17 heavy (non-hydrogen) atoms. The first-order chi connectivity index (χ1) is 8.15. The summed E-state index contributed by atoms with van der Waals surface area (Å²) < 4.78 is 13.6. The fourth-order valence-corrected chi connectivity index (χ4v) is 2.42. The predicted molar refractivity (Wildman–Crippen MR) is 72.6 cm³/mol. The van der Waals surface area contributed by atoms with Crippen LogP contribution in [-0.2, 0) is 6.42 Å². The number of halogens is 2. The third-order valence-electron chi connectivity index (χ3n) is 3.22. The molecule has 1 nitrogen and oxygen atoms in total. The Morgan fingerprint density at radius 2 is 2.24 bits per heavy atom. The van der Waals surface area contributed by atoms with Crippen LogP contribution in [0.4, 0.5) is 4.39 Å². The maximum Gasteiger partial charge on any atom is 0.137 e. The summed E-state index contributed by atoms with van der Waals surface area (Å²) in [4.78, 5) is 0. The number of hydrogen-bond donors (Lipinski definition) is 1. The molecule has 0 aliphatic heterocycles. The second kappa shape index (κ2) is 5.96. The Morgan fingerprint density at radius 1 is 1.47 bits per heavy atom. The van der Waals surface area contributed by atoms with Crippen LogP contribution in [0.15, 0.2) is 22.7 Å². The Balaban J connectivity index is 1.75. The van der Waals surface area contributed by atoms with E-state index in [9.17, 15) is 4.39 Å². The van der Waals surface area contributed by atoms with Crippen LogP contribution in [0.1, 0.15) is 31.7 Å². The molecule has 0 amide bonds. The lowest BCUT2D eigenvalue weighted by Crippen LogP contribution is -2.20. The van der Waals surface area contributed by atoms with Crippen LogP contribution in [0.3, 0.4) is 0 Å². The third-order valence-corrected chi connectivity index (χ3v) is 3.82. The van der Waals surface area contributed by atoms with Crippen molar-refractivity contribution in [2.75, 3.05) is 6.54 Å². The molecule has 1 atom stereocenters. The third kappa shape index (κ3) is 4.40. The molecule has 1 aliphatic carbocycles. The van der Waals surface area contributed by atoms with Crippen molar-refractivity contribution in [3.8, 4) is 0 Å². The van der Waals surface area contributed by atoms with Crippen LogP contribution >= 0.6 is 15.9 Å². The van der Waals surface area contributed by atoms with Crippen molar-refractivity contribution >= 4 is 15.9 Å². The van der Waals surface area contributed by atoms with E-state index in [0.29, 0.717) is 10.4 Å². The first kappa shape index (κ1) is 13.0. The molecule has 1 aromatic carbocycles. The van der Waals surface area contributed by atoms with Crippen LogP contribution in [0, 0.1) is 11.7 Å². The standard InChI is InChI=1S/C14H19BrFN/c1-10(6-7-17-12-3-4-12)8-11-2-5-14(16)13(15)9-11/h2,5,9-10,12,17H,3-4,6-8H2,1H3. The van der Waals surface area contributed by atoms with Gasteiger partial charge in [0.25, 0.3) is 0 Å². The quantitative estimate of drug-likeness (QED) is 0.840. The van der Waals surface area contributed by atoms with Crippen molar-refractivity contribution in [2.45, 2.75) is 38.6 Å². The molecule has 1 fully saturated rings. The fraction of sp³-hybridized carbons (Fsp3) is 0.571. The summed E-state index contributed by atoms with van der Waals surface area (Å²) in [5.41, 5.74) is 1.21. The highest BCUT2D eigenvalue weighted by molar-refractivity contribution is 9.10. The second-order valence-electron chi connectivity index (χ2n) is 5.07. The van der Waals surface area contributed by atoms with Gasteiger partial charge in [-0.05, 0) is 71.8 Å². The van der Waals surface area contributed by atoms with Gasteiger partial charge >= 0.3 is 0 Å². The lowest BCUT2D eigenvalue weighted by atomic mass is 9.98. The number of rotatable bonds is 6. The molecule has 94 valence electrons. The molecule has 1 saturated carbocycles. The normalized spacial score (nSPS) is 17.1. The molecule has 0 aromatic heterocycles. The van der Waals surface area contributed by atoms with Gasteiger partial charge in [-0.3, -0.25) is 0 Å². The highest BCUT2D eigenvalue weighted by atomic mass is 79.9. The molecule has 2 rings (SSSR count). The first-order valence-corrected chi connectivity index (χ1v) is 7.12. The number of benzene rings is 1. The van der Waals surface area contributed by atoms with E-state index in [2.05, 4.69) is 28.2 Å². The summed E-state index contributed by atoms with van der Waals surface area (Å²) in [6.07, 6.45) is 4.90. The van der Waals surface area contributed by atoms with Crippen molar-refractivity contribution < 1.29 is 4.39 Å². The average Bonchev–Trinajstić information content (AvgIpc) is 3.07. The van der Waals surface area contributed by atoms with Crippen LogP contribution in [0.2, 0.25) is 0 Å². The van der Waals surface area contributed by atoms with E-state index >= 15 is 0 Å². The van der Waals surface area contributed by atoms with E-state index in [1.165, 1.54) is 30.9 Å². The van der Waals surface area contributed by atoms with Crippen LogP contribution in [0.5, 0.6) is 0 Å². The van der Waals surface area contributed by atoms with Gasteiger partial charge in [-0.1, -0.05) is 13.0 Å². The van der Waals surface area contributed by atoms with Crippen LogP contribution in [-0.4, -0.2) is 12.6 Å². The van der Waals surface area contributed by atoms with Crippen molar-refractivity contribution in [3.05, 3.63) is 34.1 Å². The van der Waals surface area contributed by atoms with Crippen molar-refractivity contribution in [1.82, 2.24) is 5.32 Å². The SMILES string of the molecule is CC(CCNC1CC1)Cc1ccc(F)c(Br)c1. The van der Waals surface area contributed by atoms with E-state index in [1.54, 1.807) is 0 Å². The largest absolute Gasteiger partial charge is 0.314 e. The van der Waals surface area contributed by atoms with E-state index in [1.807, 2.05) is 12.1 Å². The number of nitrogens with one attached hydrogen (secondary N) is 1. The Hall–Kier alpha value is -0.410. The maximum absolute atomic E-state index is 13.1. The summed E-state index contributed by atoms with van der Waals surface area (Å²) in [6.45, 7) is 3.36. The van der Waals surface area contributed by atoms with Gasteiger partial charge in [0.2, 0.25) is 0 Å². The molecule has 0 bridgehead atoms. The summed E-state index contributed by atoms with van der Waals surface area (Å²) in [5.74, 6) is 0.454. The second-order valence-corrected chi connectivity index (χ2v) is 5.93. The van der Waals surface area contributed by atoms with Gasteiger partial charge < -0.3 is 5.32 Å². The molecule has 3 heteroatoms. The molecule has 1 unspecified atom stereocenters. The molecular formula is C14H19BrFN. The zero-order valence-electron chi connectivity index (χ0n) is 10.2. The Bertz CT molecular complexity index is 376. The minimum absolute atomic E-state index is 0.184. The predicted octanol–water partition coefficient (Wildman–Crippen LogP) is 3.91.